The summed E-state index contributed by atoms with van der Waals surface area (Å²) in [4.78, 5) is 11.4. The van der Waals surface area contributed by atoms with Crippen molar-refractivity contribution in [3.63, 3.8) is 0 Å². The number of sulfonamides is 1. The van der Waals surface area contributed by atoms with Gasteiger partial charge in [0.1, 0.15) is 0 Å². The highest BCUT2D eigenvalue weighted by Crippen LogP contribution is 2.28. The summed E-state index contributed by atoms with van der Waals surface area (Å²) < 4.78 is 27.6. The van der Waals surface area contributed by atoms with E-state index in [0.717, 1.165) is 11.1 Å². The van der Waals surface area contributed by atoms with E-state index in [9.17, 15) is 18.3 Å². The van der Waals surface area contributed by atoms with Gasteiger partial charge in [0, 0.05) is 13.1 Å². The van der Waals surface area contributed by atoms with E-state index in [2.05, 4.69) is 0 Å². The number of hydrogen-bond donors (Lipinski definition) is 1. The molecule has 1 aliphatic rings. The van der Waals surface area contributed by atoms with Crippen LogP contribution < -0.4 is 0 Å². The second kappa shape index (κ2) is 6.03. The van der Waals surface area contributed by atoms with Crippen LogP contribution in [0.5, 0.6) is 0 Å². The Bertz CT molecular complexity index is 919. The molecular weight excluding hydrogens is 326 g/mol. The highest BCUT2D eigenvalue weighted by molar-refractivity contribution is 7.89. The van der Waals surface area contributed by atoms with E-state index in [-0.39, 0.29) is 10.5 Å². The second-order valence-corrected chi connectivity index (χ2v) is 7.99. The molecule has 0 aromatic heterocycles. The lowest BCUT2D eigenvalue weighted by molar-refractivity contribution is 0.0696. The predicted octanol–water partition coefficient (Wildman–Crippen LogP) is 2.75. The number of aromatic carboxylic acids is 1. The summed E-state index contributed by atoms with van der Waals surface area (Å²) in [5.41, 5.74) is 3.41. The lowest BCUT2D eigenvalue weighted by atomic mass is 10.0. The first-order valence-corrected chi connectivity index (χ1v) is 9.16. The average molecular weight is 345 g/mol. The third kappa shape index (κ3) is 2.83. The third-order valence-electron chi connectivity index (χ3n) is 4.58. The zero-order valence-corrected chi connectivity index (χ0v) is 14.4. The van der Waals surface area contributed by atoms with Crippen LogP contribution in [0, 0.1) is 13.8 Å². The number of rotatable bonds is 3. The molecule has 126 valence electrons. The Balaban J connectivity index is 2.05. The number of nitrogens with zero attached hydrogens (tertiary/aromatic N) is 1. The molecule has 0 atom stereocenters. The van der Waals surface area contributed by atoms with Gasteiger partial charge in [-0.2, -0.15) is 4.31 Å². The van der Waals surface area contributed by atoms with Crippen molar-refractivity contribution in [1.29, 1.82) is 0 Å². The molecule has 1 heterocycles. The van der Waals surface area contributed by atoms with E-state index < -0.39 is 16.0 Å². The van der Waals surface area contributed by atoms with Crippen molar-refractivity contribution >= 4 is 16.0 Å². The number of carboxylic acids is 1. The number of hydrogen-bond acceptors (Lipinski definition) is 3. The average Bonchev–Trinajstić information content (AvgIpc) is 2.56. The molecule has 0 amide bonds. The van der Waals surface area contributed by atoms with Gasteiger partial charge in [-0.3, -0.25) is 0 Å². The van der Waals surface area contributed by atoms with Crippen LogP contribution in [0.2, 0.25) is 0 Å². The molecule has 0 saturated carbocycles. The Hall–Kier alpha value is -2.18. The Labute approximate surface area is 141 Å². The number of benzene rings is 2. The van der Waals surface area contributed by atoms with Crippen molar-refractivity contribution in [3.05, 3.63) is 64.2 Å². The fourth-order valence-electron chi connectivity index (χ4n) is 3.03. The fourth-order valence-corrected chi connectivity index (χ4v) is 4.78. The molecule has 1 aliphatic heterocycles. The molecule has 0 unspecified atom stereocenters. The van der Waals surface area contributed by atoms with Crippen molar-refractivity contribution in [3.8, 4) is 0 Å². The Morgan fingerprint density at radius 2 is 1.79 bits per heavy atom. The van der Waals surface area contributed by atoms with Gasteiger partial charge in [-0.15, -0.1) is 0 Å². The van der Waals surface area contributed by atoms with Gasteiger partial charge in [-0.1, -0.05) is 24.3 Å². The third-order valence-corrected chi connectivity index (χ3v) is 6.55. The molecule has 2 aromatic rings. The summed E-state index contributed by atoms with van der Waals surface area (Å²) in [5.74, 6) is -1.13. The van der Waals surface area contributed by atoms with Gasteiger partial charge < -0.3 is 5.11 Å². The number of aryl methyl sites for hydroxylation is 1. The Morgan fingerprint density at radius 3 is 2.46 bits per heavy atom. The smallest absolute Gasteiger partial charge is 0.335 e. The van der Waals surface area contributed by atoms with Crippen LogP contribution in [-0.2, 0) is 23.0 Å². The maximum absolute atomic E-state index is 13.1. The topological polar surface area (TPSA) is 74.7 Å². The number of carboxylic acid groups (broad SMARTS) is 1. The molecular formula is C18H19NO4S. The first kappa shape index (κ1) is 16.7. The van der Waals surface area contributed by atoms with E-state index >= 15 is 0 Å². The summed E-state index contributed by atoms with van der Waals surface area (Å²) in [7, 11) is -3.74. The number of fused-ring (bicyclic) bond motifs is 1. The fraction of sp³-hybridized carbons (Fsp3) is 0.278. The van der Waals surface area contributed by atoms with Crippen molar-refractivity contribution in [2.24, 2.45) is 0 Å². The molecule has 1 N–H and O–H groups in total. The lowest BCUT2D eigenvalue weighted by Crippen LogP contribution is -2.36. The lowest BCUT2D eigenvalue weighted by Gasteiger charge is -2.29. The van der Waals surface area contributed by atoms with E-state index in [0.29, 0.717) is 30.6 Å². The quantitative estimate of drug-likeness (QED) is 0.928. The van der Waals surface area contributed by atoms with Gasteiger partial charge in [0.2, 0.25) is 10.0 Å². The van der Waals surface area contributed by atoms with Crippen molar-refractivity contribution < 1.29 is 18.3 Å². The van der Waals surface area contributed by atoms with Crippen LogP contribution in [0.4, 0.5) is 0 Å². The van der Waals surface area contributed by atoms with E-state index in [1.165, 1.54) is 16.4 Å². The van der Waals surface area contributed by atoms with Crippen LogP contribution in [0.1, 0.15) is 32.6 Å². The molecule has 3 rings (SSSR count). The molecule has 2 aromatic carbocycles. The summed E-state index contributed by atoms with van der Waals surface area (Å²) >= 11 is 0. The van der Waals surface area contributed by atoms with Crippen molar-refractivity contribution in [2.45, 2.75) is 31.7 Å². The van der Waals surface area contributed by atoms with Gasteiger partial charge in [-0.05, 0) is 54.7 Å². The normalized spacial score (nSPS) is 15.1. The van der Waals surface area contributed by atoms with Crippen LogP contribution in [-0.4, -0.2) is 30.3 Å². The molecule has 0 aliphatic carbocycles. The van der Waals surface area contributed by atoms with Gasteiger partial charge in [-0.25, -0.2) is 13.2 Å². The first-order valence-electron chi connectivity index (χ1n) is 7.72. The monoisotopic (exact) mass is 345 g/mol. The first-order chi connectivity index (χ1) is 11.3. The summed E-state index contributed by atoms with van der Waals surface area (Å²) in [6, 6.07) is 10.6. The summed E-state index contributed by atoms with van der Waals surface area (Å²) in [6.07, 6.45) is 0.659. The van der Waals surface area contributed by atoms with E-state index in [4.69, 9.17) is 0 Å². The van der Waals surface area contributed by atoms with Crippen LogP contribution in [0.15, 0.2) is 41.3 Å². The highest BCUT2D eigenvalue weighted by Gasteiger charge is 2.30. The largest absolute Gasteiger partial charge is 0.478 e. The Morgan fingerprint density at radius 1 is 1.12 bits per heavy atom. The van der Waals surface area contributed by atoms with Gasteiger partial charge in [0.25, 0.3) is 0 Å². The molecule has 0 fully saturated rings. The molecule has 24 heavy (non-hydrogen) atoms. The Kier molecular flexibility index (Phi) is 4.19. The van der Waals surface area contributed by atoms with Crippen LogP contribution in [0.3, 0.4) is 0 Å². The molecule has 6 heteroatoms. The van der Waals surface area contributed by atoms with E-state index in [1.807, 2.05) is 24.3 Å². The number of carbonyl (C=O) groups is 1. The standard InChI is InChI=1S/C18H19NO4S/c1-12-9-16(18(20)21)10-17(13(12)2)24(22,23)19-8-7-14-5-3-4-6-15(14)11-19/h3-6,9-10H,7-8,11H2,1-2H3,(H,20,21). The highest BCUT2D eigenvalue weighted by atomic mass is 32.2. The van der Waals surface area contributed by atoms with Gasteiger partial charge in [0.15, 0.2) is 0 Å². The second-order valence-electron chi connectivity index (χ2n) is 6.08. The minimum Gasteiger partial charge on any atom is -0.478 e. The molecule has 5 nitrogen and oxygen atoms in total. The van der Waals surface area contributed by atoms with Gasteiger partial charge >= 0.3 is 5.97 Å². The zero-order valence-electron chi connectivity index (χ0n) is 13.6. The molecule has 0 saturated heterocycles. The molecule has 0 radical (unpaired) electrons. The van der Waals surface area contributed by atoms with Gasteiger partial charge in [0.05, 0.1) is 10.5 Å². The predicted molar refractivity (Wildman–Crippen MR) is 90.6 cm³/mol. The van der Waals surface area contributed by atoms with Crippen LogP contribution in [0.25, 0.3) is 0 Å². The summed E-state index contributed by atoms with van der Waals surface area (Å²) in [6.45, 7) is 4.15. The zero-order chi connectivity index (χ0) is 17.5. The maximum atomic E-state index is 13.1. The van der Waals surface area contributed by atoms with E-state index in [1.54, 1.807) is 13.8 Å². The summed E-state index contributed by atoms with van der Waals surface area (Å²) in [5, 5.41) is 9.22. The molecule has 0 spiro atoms. The molecule has 0 bridgehead atoms. The SMILES string of the molecule is Cc1cc(C(=O)O)cc(S(=O)(=O)N2CCc3ccccc3C2)c1C. The van der Waals surface area contributed by atoms with Crippen LogP contribution >= 0.6 is 0 Å². The maximum Gasteiger partial charge on any atom is 0.335 e. The minimum atomic E-state index is -3.74. The van der Waals surface area contributed by atoms with Crippen molar-refractivity contribution in [1.82, 2.24) is 4.31 Å². The van der Waals surface area contributed by atoms with Crippen molar-refractivity contribution in [2.75, 3.05) is 6.54 Å². The minimum absolute atomic E-state index is 0.00548.